The minimum atomic E-state index is -0.0434. The first-order valence-electron chi connectivity index (χ1n) is 8.45. The van der Waals surface area contributed by atoms with Crippen molar-refractivity contribution in [3.8, 4) is 11.4 Å². The third-order valence-corrected chi connectivity index (χ3v) is 5.10. The van der Waals surface area contributed by atoms with Crippen LogP contribution in [-0.2, 0) is 6.42 Å². The zero-order chi connectivity index (χ0) is 17.9. The van der Waals surface area contributed by atoms with Gasteiger partial charge < -0.3 is 5.32 Å². The first-order valence-corrected chi connectivity index (χ1v) is 9.33. The molecule has 130 valence electrons. The van der Waals surface area contributed by atoms with E-state index in [4.69, 9.17) is 0 Å². The number of carbonyl (C=O) groups is 1. The SMILES string of the molecule is Cc1ccccc1C(=O)NCCc1csc2nc(-c3ccccc3)nn12. The van der Waals surface area contributed by atoms with E-state index in [1.807, 2.05) is 71.4 Å². The van der Waals surface area contributed by atoms with Crippen LogP contribution >= 0.6 is 11.3 Å². The van der Waals surface area contributed by atoms with Crippen LogP contribution in [0.2, 0.25) is 0 Å². The molecule has 0 unspecified atom stereocenters. The Morgan fingerprint density at radius 2 is 1.88 bits per heavy atom. The van der Waals surface area contributed by atoms with Crippen molar-refractivity contribution < 1.29 is 4.79 Å². The maximum atomic E-state index is 12.3. The van der Waals surface area contributed by atoms with Crippen LogP contribution < -0.4 is 5.32 Å². The van der Waals surface area contributed by atoms with Gasteiger partial charge in [0.05, 0.1) is 5.69 Å². The number of rotatable bonds is 5. The second-order valence-corrected chi connectivity index (χ2v) is 6.88. The lowest BCUT2D eigenvalue weighted by atomic mass is 10.1. The van der Waals surface area contributed by atoms with Gasteiger partial charge in [0.15, 0.2) is 5.82 Å². The molecule has 0 saturated carbocycles. The number of amides is 1. The summed E-state index contributed by atoms with van der Waals surface area (Å²) in [5.41, 5.74) is 3.74. The average Bonchev–Trinajstić information content (AvgIpc) is 3.24. The number of aryl methyl sites for hydroxylation is 1. The molecule has 2 heterocycles. The quantitative estimate of drug-likeness (QED) is 0.588. The maximum Gasteiger partial charge on any atom is 0.251 e. The van der Waals surface area contributed by atoms with Crippen molar-refractivity contribution in [3.05, 3.63) is 76.8 Å². The standard InChI is InChI=1S/C20H18N4OS/c1-14-7-5-6-10-17(14)19(25)21-12-11-16-13-26-20-22-18(23-24(16)20)15-8-3-2-4-9-15/h2-10,13H,11-12H2,1H3,(H,21,25). The Morgan fingerprint density at radius 1 is 1.12 bits per heavy atom. The molecule has 0 aliphatic heterocycles. The topological polar surface area (TPSA) is 59.3 Å². The Morgan fingerprint density at radius 3 is 2.69 bits per heavy atom. The van der Waals surface area contributed by atoms with Gasteiger partial charge in [0, 0.05) is 29.5 Å². The van der Waals surface area contributed by atoms with Crippen molar-refractivity contribution in [2.75, 3.05) is 6.54 Å². The van der Waals surface area contributed by atoms with E-state index in [1.54, 1.807) is 11.3 Å². The van der Waals surface area contributed by atoms with Gasteiger partial charge in [-0.2, -0.15) is 4.98 Å². The second-order valence-electron chi connectivity index (χ2n) is 6.04. The third kappa shape index (κ3) is 3.23. The first kappa shape index (κ1) is 16.5. The predicted octanol–water partition coefficient (Wildman–Crippen LogP) is 3.74. The molecule has 0 radical (unpaired) electrons. The van der Waals surface area contributed by atoms with Gasteiger partial charge >= 0.3 is 0 Å². The van der Waals surface area contributed by atoms with Crippen LogP contribution in [0.4, 0.5) is 0 Å². The minimum Gasteiger partial charge on any atom is -0.352 e. The molecular weight excluding hydrogens is 344 g/mol. The molecule has 4 rings (SSSR count). The number of nitrogens with zero attached hydrogens (tertiary/aromatic N) is 3. The molecule has 6 heteroatoms. The summed E-state index contributed by atoms with van der Waals surface area (Å²) in [5, 5.41) is 9.65. The molecule has 0 spiro atoms. The molecule has 0 aliphatic carbocycles. The van der Waals surface area contributed by atoms with E-state index in [1.165, 1.54) is 0 Å². The first-order chi connectivity index (χ1) is 12.7. The fraction of sp³-hybridized carbons (Fsp3) is 0.150. The third-order valence-electron chi connectivity index (χ3n) is 4.24. The monoisotopic (exact) mass is 362 g/mol. The zero-order valence-electron chi connectivity index (χ0n) is 14.3. The van der Waals surface area contributed by atoms with Crippen molar-refractivity contribution >= 4 is 22.2 Å². The van der Waals surface area contributed by atoms with Crippen molar-refractivity contribution in [2.24, 2.45) is 0 Å². The van der Waals surface area contributed by atoms with E-state index in [0.29, 0.717) is 13.0 Å². The number of hydrogen-bond donors (Lipinski definition) is 1. The minimum absolute atomic E-state index is 0.0434. The molecule has 1 N–H and O–H groups in total. The van der Waals surface area contributed by atoms with E-state index in [2.05, 4.69) is 15.4 Å². The number of thiazole rings is 1. The van der Waals surface area contributed by atoms with Crippen LogP contribution in [0.15, 0.2) is 60.0 Å². The molecule has 1 amide bonds. The molecule has 4 aromatic rings. The van der Waals surface area contributed by atoms with Crippen LogP contribution in [0, 0.1) is 6.92 Å². The van der Waals surface area contributed by atoms with Gasteiger partial charge in [-0.25, -0.2) is 4.52 Å². The van der Waals surface area contributed by atoms with E-state index in [0.717, 1.165) is 33.2 Å². The van der Waals surface area contributed by atoms with Gasteiger partial charge in [0.2, 0.25) is 4.96 Å². The van der Waals surface area contributed by atoms with Crippen LogP contribution in [0.25, 0.3) is 16.3 Å². The number of aromatic nitrogens is 3. The van der Waals surface area contributed by atoms with Crippen molar-refractivity contribution in [1.82, 2.24) is 19.9 Å². The Hall–Kier alpha value is -2.99. The van der Waals surface area contributed by atoms with Crippen LogP contribution in [0.3, 0.4) is 0 Å². The van der Waals surface area contributed by atoms with Crippen LogP contribution in [0.1, 0.15) is 21.6 Å². The van der Waals surface area contributed by atoms with Gasteiger partial charge in [0.25, 0.3) is 5.91 Å². The lowest BCUT2D eigenvalue weighted by Crippen LogP contribution is -2.26. The Kier molecular flexibility index (Phi) is 4.50. The fourth-order valence-corrected chi connectivity index (χ4v) is 3.69. The average molecular weight is 362 g/mol. The summed E-state index contributed by atoms with van der Waals surface area (Å²) in [6.45, 7) is 2.50. The molecule has 0 saturated heterocycles. The summed E-state index contributed by atoms with van der Waals surface area (Å²) in [7, 11) is 0. The Bertz CT molecular complexity index is 1050. The second kappa shape index (κ2) is 7.09. The number of carbonyl (C=O) groups excluding carboxylic acids is 1. The van der Waals surface area contributed by atoms with Crippen LogP contribution in [-0.4, -0.2) is 27.0 Å². The van der Waals surface area contributed by atoms with E-state index >= 15 is 0 Å². The molecular formula is C20H18N4OS. The maximum absolute atomic E-state index is 12.3. The fourth-order valence-electron chi connectivity index (χ4n) is 2.83. The lowest BCUT2D eigenvalue weighted by molar-refractivity contribution is 0.0953. The van der Waals surface area contributed by atoms with E-state index < -0.39 is 0 Å². The number of fused-ring (bicyclic) bond motifs is 1. The predicted molar refractivity (Wildman–Crippen MR) is 104 cm³/mol. The number of hydrogen-bond acceptors (Lipinski definition) is 4. The highest BCUT2D eigenvalue weighted by molar-refractivity contribution is 7.15. The Balaban J connectivity index is 1.45. The summed E-state index contributed by atoms with van der Waals surface area (Å²) in [6, 6.07) is 17.5. The molecule has 2 aromatic heterocycles. The highest BCUT2D eigenvalue weighted by atomic mass is 32.1. The molecule has 5 nitrogen and oxygen atoms in total. The molecule has 26 heavy (non-hydrogen) atoms. The highest BCUT2D eigenvalue weighted by Crippen LogP contribution is 2.20. The molecule has 0 atom stereocenters. The van der Waals surface area contributed by atoms with Gasteiger partial charge in [-0.05, 0) is 18.6 Å². The van der Waals surface area contributed by atoms with Crippen molar-refractivity contribution in [1.29, 1.82) is 0 Å². The summed E-state index contributed by atoms with van der Waals surface area (Å²) < 4.78 is 1.87. The Labute approximate surface area is 155 Å². The van der Waals surface area contributed by atoms with E-state index in [-0.39, 0.29) is 5.91 Å². The zero-order valence-corrected chi connectivity index (χ0v) is 15.2. The number of benzene rings is 2. The largest absolute Gasteiger partial charge is 0.352 e. The summed E-state index contributed by atoms with van der Waals surface area (Å²) in [5.74, 6) is 0.681. The molecule has 0 aliphatic rings. The number of nitrogens with one attached hydrogen (secondary N) is 1. The lowest BCUT2D eigenvalue weighted by Gasteiger charge is -2.07. The van der Waals surface area contributed by atoms with Gasteiger partial charge in [0.1, 0.15) is 0 Å². The van der Waals surface area contributed by atoms with Crippen molar-refractivity contribution in [3.63, 3.8) is 0 Å². The van der Waals surface area contributed by atoms with Crippen LogP contribution in [0.5, 0.6) is 0 Å². The van der Waals surface area contributed by atoms with Gasteiger partial charge in [-0.3, -0.25) is 4.79 Å². The normalized spacial score (nSPS) is 11.0. The highest BCUT2D eigenvalue weighted by Gasteiger charge is 2.12. The molecule has 0 bridgehead atoms. The summed E-state index contributed by atoms with van der Waals surface area (Å²) in [4.78, 5) is 17.8. The van der Waals surface area contributed by atoms with Gasteiger partial charge in [-0.1, -0.05) is 48.5 Å². The molecule has 0 fully saturated rings. The summed E-state index contributed by atoms with van der Waals surface area (Å²) >= 11 is 1.56. The van der Waals surface area contributed by atoms with Crippen molar-refractivity contribution in [2.45, 2.75) is 13.3 Å². The van der Waals surface area contributed by atoms with Gasteiger partial charge in [-0.15, -0.1) is 16.4 Å². The van der Waals surface area contributed by atoms with E-state index in [9.17, 15) is 4.79 Å². The smallest absolute Gasteiger partial charge is 0.251 e. The summed E-state index contributed by atoms with van der Waals surface area (Å²) in [6.07, 6.45) is 0.704. The molecule has 2 aromatic carbocycles.